The van der Waals surface area contributed by atoms with E-state index in [1.165, 1.54) is 17.7 Å². The lowest BCUT2D eigenvalue weighted by atomic mass is 9.87. The van der Waals surface area contributed by atoms with E-state index < -0.39 is 0 Å². The molecule has 1 heterocycles. The number of aryl methyl sites for hydroxylation is 1. The quantitative estimate of drug-likeness (QED) is 0.856. The Balaban J connectivity index is 2.23. The first kappa shape index (κ1) is 14.5. The molecule has 0 saturated carbocycles. The van der Waals surface area contributed by atoms with Crippen LogP contribution in [0.25, 0.3) is 0 Å². The molecule has 3 nitrogen and oxygen atoms in total. The maximum Gasteiger partial charge on any atom is 0.0757 e. The highest BCUT2D eigenvalue weighted by molar-refractivity contribution is 5.30. The van der Waals surface area contributed by atoms with Crippen LogP contribution in [-0.2, 0) is 11.2 Å². The normalized spacial score (nSPS) is 21.4. The average molecular weight is 262 g/mol. The van der Waals surface area contributed by atoms with Crippen LogP contribution in [0.4, 0.5) is 0 Å². The molecule has 0 aromatic carbocycles. The molecular formula is C16H26N2O. The van der Waals surface area contributed by atoms with Crippen LogP contribution >= 0.6 is 0 Å². The van der Waals surface area contributed by atoms with Gasteiger partial charge in [0.05, 0.1) is 6.10 Å². The Bertz CT molecular complexity index is 405. The number of hydrogen-bond acceptors (Lipinski definition) is 3. The Labute approximate surface area is 116 Å². The van der Waals surface area contributed by atoms with Gasteiger partial charge in [0.2, 0.25) is 0 Å². The topological polar surface area (TPSA) is 34.1 Å². The lowest BCUT2D eigenvalue weighted by Crippen LogP contribution is -2.46. The highest BCUT2D eigenvalue weighted by atomic mass is 16.5. The van der Waals surface area contributed by atoms with Crippen molar-refractivity contribution < 1.29 is 4.74 Å². The first-order chi connectivity index (χ1) is 9.19. The molecule has 1 aliphatic rings. The van der Waals surface area contributed by atoms with Gasteiger partial charge in [-0.25, -0.2) is 0 Å². The molecule has 0 spiro atoms. The van der Waals surface area contributed by atoms with Crippen molar-refractivity contribution in [3.63, 3.8) is 0 Å². The molecule has 1 N–H and O–H groups in total. The minimum absolute atomic E-state index is 0.243. The number of pyridine rings is 1. The predicted molar refractivity (Wildman–Crippen MR) is 78.4 cm³/mol. The molecule has 1 aliphatic carbocycles. The summed E-state index contributed by atoms with van der Waals surface area (Å²) in [7, 11) is 2.04. The summed E-state index contributed by atoms with van der Waals surface area (Å²) in [5, 5.41) is 3.49. The van der Waals surface area contributed by atoms with Crippen molar-refractivity contribution in [3.05, 3.63) is 29.6 Å². The van der Waals surface area contributed by atoms with Gasteiger partial charge in [-0.3, -0.25) is 4.98 Å². The van der Waals surface area contributed by atoms with Crippen LogP contribution < -0.4 is 5.32 Å². The SMILES string of the molecule is CCOC(C(C)C)C(NC)C1CCc2cccnc21. The monoisotopic (exact) mass is 262 g/mol. The molecule has 0 aliphatic heterocycles. The Hall–Kier alpha value is -0.930. The Kier molecular flexibility index (Phi) is 4.94. The molecule has 0 saturated heterocycles. The van der Waals surface area contributed by atoms with Gasteiger partial charge in [-0.05, 0) is 44.4 Å². The lowest BCUT2D eigenvalue weighted by Gasteiger charge is -2.34. The third-order valence-corrected chi connectivity index (χ3v) is 4.14. The van der Waals surface area contributed by atoms with Crippen LogP contribution in [0, 0.1) is 5.92 Å². The first-order valence-corrected chi connectivity index (χ1v) is 7.41. The van der Waals surface area contributed by atoms with E-state index in [9.17, 15) is 0 Å². The second kappa shape index (κ2) is 6.49. The van der Waals surface area contributed by atoms with E-state index >= 15 is 0 Å². The van der Waals surface area contributed by atoms with Gasteiger partial charge in [-0.15, -0.1) is 0 Å². The zero-order chi connectivity index (χ0) is 13.8. The number of ether oxygens (including phenoxy) is 1. The zero-order valence-corrected chi connectivity index (χ0v) is 12.5. The first-order valence-electron chi connectivity index (χ1n) is 7.41. The number of nitrogens with one attached hydrogen (secondary N) is 1. The van der Waals surface area contributed by atoms with Crippen molar-refractivity contribution in [2.75, 3.05) is 13.7 Å². The van der Waals surface area contributed by atoms with E-state index in [-0.39, 0.29) is 6.10 Å². The Morgan fingerprint density at radius 2 is 2.26 bits per heavy atom. The molecular weight excluding hydrogens is 236 g/mol. The van der Waals surface area contributed by atoms with Crippen molar-refractivity contribution in [3.8, 4) is 0 Å². The van der Waals surface area contributed by atoms with Crippen molar-refractivity contribution in [1.82, 2.24) is 10.3 Å². The van der Waals surface area contributed by atoms with Crippen molar-refractivity contribution in [1.29, 1.82) is 0 Å². The number of nitrogens with zero attached hydrogens (tertiary/aromatic N) is 1. The number of aromatic nitrogens is 1. The van der Waals surface area contributed by atoms with Gasteiger partial charge in [0, 0.05) is 30.5 Å². The number of likely N-dealkylation sites (N-methyl/N-ethyl adjacent to an activating group) is 1. The molecule has 3 atom stereocenters. The third kappa shape index (κ3) is 2.98. The fraction of sp³-hybridized carbons (Fsp3) is 0.688. The van der Waals surface area contributed by atoms with Crippen LogP contribution in [0.3, 0.4) is 0 Å². The highest BCUT2D eigenvalue weighted by Gasteiger charge is 2.36. The van der Waals surface area contributed by atoms with Crippen LogP contribution in [0.2, 0.25) is 0 Å². The number of hydrogen-bond donors (Lipinski definition) is 1. The number of rotatable bonds is 6. The maximum absolute atomic E-state index is 5.99. The lowest BCUT2D eigenvalue weighted by molar-refractivity contribution is -0.00175. The fourth-order valence-corrected chi connectivity index (χ4v) is 3.29. The molecule has 3 unspecified atom stereocenters. The van der Waals surface area contributed by atoms with E-state index in [4.69, 9.17) is 4.74 Å². The van der Waals surface area contributed by atoms with E-state index in [0.717, 1.165) is 13.0 Å². The zero-order valence-electron chi connectivity index (χ0n) is 12.5. The van der Waals surface area contributed by atoms with Gasteiger partial charge in [0.25, 0.3) is 0 Å². The molecule has 0 amide bonds. The molecule has 3 heteroatoms. The van der Waals surface area contributed by atoms with Crippen LogP contribution in [0.5, 0.6) is 0 Å². The molecule has 1 aromatic rings. The minimum atomic E-state index is 0.243. The molecule has 2 rings (SSSR count). The molecule has 19 heavy (non-hydrogen) atoms. The summed E-state index contributed by atoms with van der Waals surface area (Å²) < 4.78 is 5.99. The second-order valence-electron chi connectivity index (χ2n) is 5.67. The van der Waals surface area contributed by atoms with E-state index in [1.807, 2.05) is 19.3 Å². The highest BCUT2D eigenvalue weighted by Crippen LogP contribution is 2.36. The molecule has 0 radical (unpaired) electrons. The number of fused-ring (bicyclic) bond motifs is 1. The Morgan fingerprint density at radius 1 is 1.47 bits per heavy atom. The van der Waals surface area contributed by atoms with E-state index in [2.05, 4.69) is 37.1 Å². The second-order valence-corrected chi connectivity index (χ2v) is 5.67. The van der Waals surface area contributed by atoms with Gasteiger partial charge < -0.3 is 10.1 Å². The smallest absolute Gasteiger partial charge is 0.0757 e. The van der Waals surface area contributed by atoms with E-state index in [0.29, 0.717) is 17.9 Å². The summed E-state index contributed by atoms with van der Waals surface area (Å²) in [5.41, 5.74) is 2.68. The van der Waals surface area contributed by atoms with Crippen molar-refractivity contribution >= 4 is 0 Å². The van der Waals surface area contributed by atoms with Gasteiger partial charge in [-0.1, -0.05) is 19.9 Å². The molecule has 1 aromatic heterocycles. The summed E-state index contributed by atoms with van der Waals surface area (Å²) in [6, 6.07) is 4.59. The van der Waals surface area contributed by atoms with Crippen molar-refractivity contribution in [2.24, 2.45) is 5.92 Å². The minimum Gasteiger partial charge on any atom is -0.377 e. The standard InChI is InChI=1S/C16H26N2O/c1-5-19-16(11(2)3)15(17-4)13-9-8-12-7-6-10-18-14(12)13/h6-7,10-11,13,15-17H,5,8-9H2,1-4H3. The molecule has 106 valence electrons. The van der Waals surface area contributed by atoms with Gasteiger partial charge in [0.1, 0.15) is 0 Å². The molecule has 0 fully saturated rings. The van der Waals surface area contributed by atoms with Crippen LogP contribution in [0.1, 0.15) is 44.4 Å². The predicted octanol–water partition coefficient (Wildman–Crippen LogP) is 2.76. The summed E-state index contributed by atoms with van der Waals surface area (Å²) in [5.74, 6) is 0.977. The molecule has 0 bridgehead atoms. The van der Waals surface area contributed by atoms with Crippen molar-refractivity contribution in [2.45, 2.75) is 51.7 Å². The summed E-state index contributed by atoms with van der Waals surface area (Å²) >= 11 is 0. The van der Waals surface area contributed by atoms with Crippen LogP contribution in [0.15, 0.2) is 18.3 Å². The fourth-order valence-electron chi connectivity index (χ4n) is 3.29. The summed E-state index contributed by atoms with van der Waals surface area (Å²) in [4.78, 5) is 4.62. The van der Waals surface area contributed by atoms with Gasteiger partial charge in [-0.2, -0.15) is 0 Å². The average Bonchev–Trinajstić information content (AvgIpc) is 2.83. The Morgan fingerprint density at radius 3 is 2.89 bits per heavy atom. The van der Waals surface area contributed by atoms with Gasteiger partial charge >= 0.3 is 0 Å². The summed E-state index contributed by atoms with van der Waals surface area (Å²) in [6.07, 6.45) is 4.47. The van der Waals surface area contributed by atoms with E-state index in [1.54, 1.807) is 0 Å². The van der Waals surface area contributed by atoms with Crippen LogP contribution in [-0.4, -0.2) is 30.8 Å². The van der Waals surface area contributed by atoms with Gasteiger partial charge in [0.15, 0.2) is 0 Å². The summed E-state index contributed by atoms with van der Waals surface area (Å²) in [6.45, 7) is 7.31. The largest absolute Gasteiger partial charge is 0.377 e. The third-order valence-electron chi connectivity index (χ3n) is 4.14. The maximum atomic E-state index is 5.99.